The number of fused-ring (bicyclic) bond motifs is 1. The molecule has 1 amide bonds. The highest BCUT2D eigenvalue weighted by Gasteiger charge is 2.16. The molecule has 4 rings (SSSR count). The molecule has 0 aliphatic heterocycles. The lowest BCUT2D eigenvalue weighted by atomic mass is 10.1. The summed E-state index contributed by atoms with van der Waals surface area (Å²) in [7, 11) is 0. The number of benzene rings is 1. The molecule has 1 atom stereocenters. The third kappa shape index (κ3) is 4.08. The number of hydrogen-bond acceptors (Lipinski definition) is 6. The van der Waals surface area contributed by atoms with Gasteiger partial charge in [-0.15, -0.1) is 11.3 Å². The Morgan fingerprint density at radius 3 is 2.83 bits per heavy atom. The zero-order valence-corrected chi connectivity index (χ0v) is 17.3. The van der Waals surface area contributed by atoms with Gasteiger partial charge < -0.3 is 19.4 Å². The molecule has 3 heterocycles. The lowest BCUT2D eigenvalue weighted by Crippen LogP contribution is -2.34. The van der Waals surface area contributed by atoms with Crippen LogP contribution in [0.3, 0.4) is 0 Å². The standard InChI is InChI=1S/C21H22N4O3S/c1-12-6-16-18(7-13(12)2)25(11-23-16)9-15(26)8-22-20(27)17-10-29-21(24-17)19-5-4-14(3)28-19/h4-7,10-11,15,26H,8-9H2,1-3H3,(H,22,27). The van der Waals surface area contributed by atoms with E-state index in [-0.39, 0.29) is 12.5 Å². The largest absolute Gasteiger partial charge is 0.459 e. The molecule has 4 aromatic rings. The summed E-state index contributed by atoms with van der Waals surface area (Å²) in [5.74, 6) is 1.11. The Morgan fingerprint density at radius 1 is 1.28 bits per heavy atom. The molecule has 150 valence electrons. The van der Waals surface area contributed by atoms with Gasteiger partial charge in [0.15, 0.2) is 10.8 Å². The third-order valence-electron chi connectivity index (χ3n) is 4.83. The Balaban J connectivity index is 1.37. The zero-order chi connectivity index (χ0) is 20.5. The molecule has 1 aromatic carbocycles. The number of carbonyl (C=O) groups is 1. The minimum Gasteiger partial charge on any atom is -0.459 e. The Hall–Kier alpha value is -2.97. The SMILES string of the molecule is Cc1ccc(-c2nc(C(=O)NCC(O)Cn3cnc4cc(C)c(C)cc43)cs2)o1. The number of aryl methyl sites for hydroxylation is 3. The smallest absolute Gasteiger partial charge is 0.270 e. The minimum absolute atomic E-state index is 0.121. The highest BCUT2D eigenvalue weighted by Crippen LogP contribution is 2.25. The molecule has 0 fully saturated rings. The summed E-state index contributed by atoms with van der Waals surface area (Å²) in [6, 6.07) is 7.79. The Kier molecular flexibility index (Phi) is 5.21. The number of aromatic nitrogens is 3. The van der Waals surface area contributed by atoms with E-state index in [0.29, 0.717) is 23.0 Å². The molecular weight excluding hydrogens is 388 g/mol. The zero-order valence-electron chi connectivity index (χ0n) is 16.5. The number of nitrogens with zero attached hydrogens (tertiary/aromatic N) is 3. The number of carbonyl (C=O) groups excluding carboxylic acids is 1. The highest BCUT2D eigenvalue weighted by atomic mass is 32.1. The molecular formula is C21H22N4O3S. The molecule has 3 aromatic heterocycles. The molecule has 0 saturated heterocycles. The van der Waals surface area contributed by atoms with E-state index in [1.807, 2.05) is 29.7 Å². The van der Waals surface area contributed by atoms with Gasteiger partial charge in [-0.3, -0.25) is 4.79 Å². The molecule has 0 spiro atoms. The van der Waals surface area contributed by atoms with Gasteiger partial charge in [0, 0.05) is 11.9 Å². The summed E-state index contributed by atoms with van der Waals surface area (Å²) in [5.41, 5.74) is 4.53. The number of imidazole rings is 1. The molecule has 0 bridgehead atoms. The van der Waals surface area contributed by atoms with Gasteiger partial charge in [0.1, 0.15) is 11.5 Å². The molecule has 2 N–H and O–H groups in total. The van der Waals surface area contributed by atoms with E-state index in [0.717, 1.165) is 16.8 Å². The second-order valence-corrected chi connectivity index (χ2v) is 7.99. The molecule has 0 radical (unpaired) electrons. The van der Waals surface area contributed by atoms with E-state index in [4.69, 9.17) is 4.42 Å². The maximum Gasteiger partial charge on any atom is 0.270 e. The van der Waals surface area contributed by atoms with Gasteiger partial charge in [0.25, 0.3) is 5.91 Å². The van der Waals surface area contributed by atoms with Gasteiger partial charge in [0.05, 0.1) is 30.0 Å². The second-order valence-electron chi connectivity index (χ2n) is 7.13. The average Bonchev–Trinajstić information content (AvgIpc) is 3.41. The van der Waals surface area contributed by atoms with Crippen LogP contribution in [-0.2, 0) is 6.54 Å². The number of hydrogen-bond donors (Lipinski definition) is 2. The van der Waals surface area contributed by atoms with Crippen LogP contribution in [0.2, 0.25) is 0 Å². The number of furan rings is 1. The van der Waals surface area contributed by atoms with E-state index < -0.39 is 6.10 Å². The van der Waals surface area contributed by atoms with Gasteiger partial charge in [-0.25, -0.2) is 9.97 Å². The third-order valence-corrected chi connectivity index (χ3v) is 5.69. The molecule has 0 aliphatic rings. The lowest BCUT2D eigenvalue weighted by Gasteiger charge is -2.13. The summed E-state index contributed by atoms with van der Waals surface area (Å²) < 4.78 is 7.44. The van der Waals surface area contributed by atoms with Crippen molar-refractivity contribution < 1.29 is 14.3 Å². The minimum atomic E-state index is -0.746. The molecule has 8 heteroatoms. The maximum absolute atomic E-state index is 12.4. The first-order chi connectivity index (χ1) is 13.9. The van der Waals surface area contributed by atoms with Crippen LogP contribution in [0.1, 0.15) is 27.4 Å². The van der Waals surface area contributed by atoms with Crippen molar-refractivity contribution in [1.29, 1.82) is 0 Å². The van der Waals surface area contributed by atoms with Crippen LogP contribution in [0.4, 0.5) is 0 Å². The Labute approximate surface area is 172 Å². The Bertz CT molecular complexity index is 1170. The van der Waals surface area contributed by atoms with Crippen molar-refractivity contribution in [1.82, 2.24) is 19.9 Å². The monoisotopic (exact) mass is 410 g/mol. The summed E-state index contributed by atoms with van der Waals surface area (Å²) in [5, 5.41) is 15.5. The fraction of sp³-hybridized carbons (Fsp3) is 0.286. The predicted octanol–water partition coefficient (Wildman–Crippen LogP) is 3.47. The lowest BCUT2D eigenvalue weighted by molar-refractivity contribution is 0.0901. The van der Waals surface area contributed by atoms with Gasteiger partial charge >= 0.3 is 0 Å². The van der Waals surface area contributed by atoms with E-state index in [9.17, 15) is 9.90 Å². The molecule has 29 heavy (non-hydrogen) atoms. The van der Waals surface area contributed by atoms with E-state index >= 15 is 0 Å². The van der Waals surface area contributed by atoms with Gasteiger partial charge in [-0.2, -0.15) is 0 Å². The van der Waals surface area contributed by atoms with Gasteiger partial charge in [0.2, 0.25) is 0 Å². The molecule has 1 unspecified atom stereocenters. The fourth-order valence-electron chi connectivity index (χ4n) is 3.09. The molecule has 0 saturated carbocycles. The second kappa shape index (κ2) is 7.81. The van der Waals surface area contributed by atoms with Crippen LogP contribution in [0.5, 0.6) is 0 Å². The normalized spacial score (nSPS) is 12.4. The summed E-state index contributed by atoms with van der Waals surface area (Å²) in [4.78, 5) is 21.1. The summed E-state index contributed by atoms with van der Waals surface area (Å²) in [6.07, 6.45) is 0.968. The van der Waals surface area contributed by atoms with Crippen molar-refractivity contribution in [3.63, 3.8) is 0 Å². The van der Waals surface area contributed by atoms with E-state index in [2.05, 4.69) is 35.2 Å². The van der Waals surface area contributed by atoms with Gasteiger partial charge in [-0.05, 0) is 56.2 Å². The molecule has 7 nitrogen and oxygen atoms in total. The van der Waals surface area contributed by atoms with Crippen molar-refractivity contribution in [2.45, 2.75) is 33.4 Å². The quantitative estimate of drug-likeness (QED) is 0.508. The fourth-order valence-corrected chi connectivity index (χ4v) is 3.85. The number of rotatable bonds is 6. The summed E-state index contributed by atoms with van der Waals surface area (Å²) >= 11 is 1.35. The first kappa shape index (κ1) is 19.4. The maximum atomic E-state index is 12.4. The van der Waals surface area contributed by atoms with Crippen LogP contribution in [0.25, 0.3) is 21.8 Å². The van der Waals surface area contributed by atoms with Crippen LogP contribution < -0.4 is 5.32 Å². The van der Waals surface area contributed by atoms with Crippen LogP contribution in [0, 0.1) is 20.8 Å². The van der Waals surface area contributed by atoms with E-state index in [1.165, 1.54) is 22.5 Å². The van der Waals surface area contributed by atoms with Crippen molar-refractivity contribution >= 4 is 28.3 Å². The molecule has 0 aliphatic carbocycles. The highest BCUT2D eigenvalue weighted by molar-refractivity contribution is 7.13. The number of thiazole rings is 1. The summed E-state index contributed by atoms with van der Waals surface area (Å²) in [6.45, 7) is 6.42. The van der Waals surface area contributed by atoms with Crippen LogP contribution in [0.15, 0.2) is 40.4 Å². The van der Waals surface area contributed by atoms with Gasteiger partial charge in [-0.1, -0.05) is 0 Å². The van der Waals surface area contributed by atoms with E-state index in [1.54, 1.807) is 11.7 Å². The predicted molar refractivity (Wildman–Crippen MR) is 112 cm³/mol. The topological polar surface area (TPSA) is 93.2 Å². The number of aliphatic hydroxyl groups is 1. The first-order valence-electron chi connectivity index (χ1n) is 9.31. The van der Waals surface area contributed by atoms with Crippen LogP contribution >= 0.6 is 11.3 Å². The number of amides is 1. The van der Waals surface area contributed by atoms with Crippen molar-refractivity contribution in [2.75, 3.05) is 6.54 Å². The number of aliphatic hydroxyl groups excluding tert-OH is 1. The van der Waals surface area contributed by atoms with Crippen LogP contribution in [-0.4, -0.2) is 38.2 Å². The first-order valence-corrected chi connectivity index (χ1v) is 10.2. The Morgan fingerprint density at radius 2 is 2.07 bits per heavy atom. The van der Waals surface area contributed by atoms with Crippen molar-refractivity contribution in [3.05, 3.63) is 58.6 Å². The van der Waals surface area contributed by atoms with Crippen molar-refractivity contribution in [2.24, 2.45) is 0 Å². The van der Waals surface area contributed by atoms with Crippen molar-refractivity contribution in [3.8, 4) is 10.8 Å². The average molecular weight is 410 g/mol. The number of nitrogens with one attached hydrogen (secondary N) is 1.